The first kappa shape index (κ1) is 38.9. The van der Waals surface area contributed by atoms with E-state index in [0.717, 1.165) is 48.4 Å². The van der Waals surface area contributed by atoms with Crippen molar-refractivity contribution in [2.24, 2.45) is 0 Å². The highest BCUT2D eigenvalue weighted by Gasteiger charge is 2.44. The summed E-state index contributed by atoms with van der Waals surface area (Å²) in [5.74, 6) is -3.17. The van der Waals surface area contributed by atoms with Gasteiger partial charge in [-0.3, -0.25) is 4.90 Å². The van der Waals surface area contributed by atoms with Crippen molar-refractivity contribution in [3.63, 3.8) is 0 Å². The van der Waals surface area contributed by atoms with Crippen molar-refractivity contribution in [3.8, 4) is 28.0 Å². The molecule has 2 atom stereocenters. The van der Waals surface area contributed by atoms with Crippen molar-refractivity contribution in [3.05, 3.63) is 112 Å². The Morgan fingerprint density at radius 3 is 1.87 bits per heavy atom. The fourth-order valence-electron chi connectivity index (χ4n) is 5.88. The van der Waals surface area contributed by atoms with E-state index in [2.05, 4.69) is 4.74 Å². The third kappa shape index (κ3) is 8.03. The van der Waals surface area contributed by atoms with Crippen LogP contribution in [0.4, 0.5) is 53.1 Å². The van der Waals surface area contributed by atoms with E-state index in [4.69, 9.17) is 9.47 Å². The molecule has 1 amide bonds. The number of nitrogens with zero attached hydrogens (tertiary/aromatic N) is 1. The topological polar surface area (TPSA) is 65.1 Å². The standard InChI is InChI=1S/C36H26F11NO5/c1-4-52-30-15-29(38)26(25-7-5-18(12-28(25)37)32(49)51-3)14-27(30)24-8-6-21(34(39,40)41)11-20(24)16-48-17(2)31(53-33(48)50)19-9-22(35(42,43)44)13-23(10-19)36(45,46)47/h5-15,17,31H,4,16H2,1-3H3/t17-,31-/m0/s1. The summed E-state index contributed by atoms with van der Waals surface area (Å²) in [6.07, 6.45) is -18.3. The van der Waals surface area contributed by atoms with Gasteiger partial charge in [0.05, 0.1) is 48.6 Å². The van der Waals surface area contributed by atoms with Gasteiger partial charge in [-0.2, -0.15) is 39.5 Å². The van der Waals surface area contributed by atoms with E-state index < -0.39 is 88.7 Å². The maximum absolute atomic E-state index is 15.5. The molecule has 17 heteroatoms. The number of halogens is 11. The number of cyclic esters (lactones) is 1. The number of hydrogen-bond donors (Lipinski definition) is 0. The van der Waals surface area contributed by atoms with Gasteiger partial charge >= 0.3 is 30.6 Å². The number of benzene rings is 4. The van der Waals surface area contributed by atoms with Crippen molar-refractivity contribution in [1.82, 2.24) is 4.90 Å². The van der Waals surface area contributed by atoms with Crippen LogP contribution in [0.1, 0.15) is 58.1 Å². The highest BCUT2D eigenvalue weighted by Crippen LogP contribution is 2.44. The fourth-order valence-corrected chi connectivity index (χ4v) is 5.88. The molecular formula is C36H26F11NO5. The zero-order chi connectivity index (χ0) is 39.2. The van der Waals surface area contributed by atoms with Crippen LogP contribution in [0.25, 0.3) is 22.3 Å². The molecule has 1 fully saturated rings. The predicted molar refractivity (Wildman–Crippen MR) is 165 cm³/mol. The smallest absolute Gasteiger partial charge is 0.416 e. The van der Waals surface area contributed by atoms with E-state index in [9.17, 15) is 49.1 Å². The van der Waals surface area contributed by atoms with E-state index in [-0.39, 0.29) is 46.2 Å². The van der Waals surface area contributed by atoms with Gasteiger partial charge in [0, 0.05) is 22.8 Å². The molecule has 0 aromatic heterocycles. The van der Waals surface area contributed by atoms with Crippen molar-refractivity contribution in [2.75, 3.05) is 13.7 Å². The second kappa shape index (κ2) is 14.2. The number of rotatable bonds is 8. The molecule has 282 valence electrons. The zero-order valence-corrected chi connectivity index (χ0v) is 27.6. The Labute approximate surface area is 293 Å². The number of alkyl halides is 9. The molecule has 0 saturated carbocycles. The molecule has 5 rings (SSSR count). The van der Waals surface area contributed by atoms with Gasteiger partial charge in [0.1, 0.15) is 23.5 Å². The molecule has 0 bridgehead atoms. The molecule has 0 radical (unpaired) electrons. The quantitative estimate of drug-likeness (QED) is 0.132. The molecule has 1 saturated heterocycles. The normalized spacial score (nSPS) is 16.5. The van der Waals surface area contributed by atoms with Gasteiger partial charge in [-0.05, 0) is 79.1 Å². The summed E-state index contributed by atoms with van der Waals surface area (Å²) in [5, 5.41) is 0. The average Bonchev–Trinajstić information content (AvgIpc) is 3.35. The van der Waals surface area contributed by atoms with E-state index in [1.165, 1.54) is 13.8 Å². The van der Waals surface area contributed by atoms with E-state index in [1.807, 2.05) is 0 Å². The minimum absolute atomic E-state index is 0.0714. The molecule has 1 heterocycles. The lowest BCUT2D eigenvalue weighted by Gasteiger charge is -2.24. The summed E-state index contributed by atoms with van der Waals surface area (Å²) in [7, 11) is 1.06. The number of methoxy groups -OCH3 is 1. The maximum atomic E-state index is 15.5. The number of carbonyl (C=O) groups is 2. The van der Waals surface area contributed by atoms with Crippen LogP contribution in [0.2, 0.25) is 0 Å². The average molecular weight is 762 g/mol. The molecule has 1 aliphatic heterocycles. The van der Waals surface area contributed by atoms with E-state index in [1.54, 1.807) is 0 Å². The Bertz CT molecular complexity index is 2030. The first-order valence-electron chi connectivity index (χ1n) is 15.5. The van der Waals surface area contributed by atoms with Gasteiger partial charge in [0.2, 0.25) is 0 Å². The Kier molecular flexibility index (Phi) is 10.4. The molecule has 53 heavy (non-hydrogen) atoms. The van der Waals surface area contributed by atoms with Crippen LogP contribution in [0.15, 0.2) is 66.7 Å². The van der Waals surface area contributed by atoms with Gasteiger partial charge in [-0.25, -0.2) is 18.4 Å². The van der Waals surface area contributed by atoms with Gasteiger partial charge in [0.15, 0.2) is 0 Å². The van der Waals surface area contributed by atoms with Gasteiger partial charge < -0.3 is 14.2 Å². The highest BCUT2D eigenvalue weighted by molar-refractivity contribution is 5.90. The molecule has 1 aliphatic rings. The lowest BCUT2D eigenvalue weighted by Crippen LogP contribution is -2.32. The summed E-state index contributed by atoms with van der Waals surface area (Å²) < 4.78 is 170. The number of hydrogen-bond acceptors (Lipinski definition) is 5. The van der Waals surface area contributed by atoms with Crippen LogP contribution in [0.5, 0.6) is 5.75 Å². The van der Waals surface area contributed by atoms with E-state index in [0.29, 0.717) is 24.3 Å². The minimum atomic E-state index is -5.22. The van der Waals surface area contributed by atoms with Gasteiger partial charge in [-0.1, -0.05) is 12.1 Å². The number of carbonyl (C=O) groups excluding carboxylic acids is 2. The number of amides is 1. The Morgan fingerprint density at radius 2 is 1.32 bits per heavy atom. The summed E-state index contributed by atoms with van der Waals surface area (Å²) in [6, 6.07) is 6.62. The predicted octanol–water partition coefficient (Wildman–Crippen LogP) is 10.6. The Hall–Kier alpha value is -5.35. The Morgan fingerprint density at radius 1 is 0.736 bits per heavy atom. The van der Waals surface area contributed by atoms with Crippen LogP contribution >= 0.6 is 0 Å². The van der Waals surface area contributed by atoms with Crippen molar-refractivity contribution in [2.45, 2.75) is 51.1 Å². The summed E-state index contributed by atoms with van der Waals surface area (Å²) in [5.41, 5.74) is -6.60. The minimum Gasteiger partial charge on any atom is -0.493 e. The van der Waals surface area contributed by atoms with Crippen LogP contribution < -0.4 is 4.74 Å². The zero-order valence-electron chi connectivity index (χ0n) is 27.6. The molecule has 4 aromatic rings. The lowest BCUT2D eigenvalue weighted by atomic mass is 9.92. The second-order valence-electron chi connectivity index (χ2n) is 11.8. The van der Waals surface area contributed by atoms with Crippen LogP contribution in [0, 0.1) is 11.6 Å². The third-order valence-electron chi connectivity index (χ3n) is 8.44. The summed E-state index contributed by atoms with van der Waals surface area (Å²) in [4.78, 5) is 25.8. The molecule has 0 spiro atoms. The first-order valence-corrected chi connectivity index (χ1v) is 15.5. The first-order chi connectivity index (χ1) is 24.6. The molecular weight excluding hydrogens is 735 g/mol. The second-order valence-corrected chi connectivity index (χ2v) is 11.8. The Balaban J connectivity index is 1.63. The van der Waals surface area contributed by atoms with Gasteiger partial charge in [0.25, 0.3) is 0 Å². The fraction of sp³-hybridized carbons (Fsp3) is 0.278. The molecule has 0 unspecified atom stereocenters. The molecule has 0 aliphatic carbocycles. The SMILES string of the molecule is CCOc1cc(F)c(-c2ccc(C(=O)OC)cc2F)cc1-c1ccc(C(F)(F)F)cc1CN1C(=O)O[C@H](c2cc(C(F)(F)F)cc(C(F)(F)F)c2)[C@@H]1C. The molecule has 0 N–H and O–H groups in total. The highest BCUT2D eigenvalue weighted by atomic mass is 19.4. The summed E-state index contributed by atoms with van der Waals surface area (Å²) >= 11 is 0. The summed E-state index contributed by atoms with van der Waals surface area (Å²) in [6.45, 7) is 1.94. The lowest BCUT2D eigenvalue weighted by molar-refractivity contribution is -0.143. The molecule has 4 aromatic carbocycles. The van der Waals surface area contributed by atoms with Crippen LogP contribution in [-0.2, 0) is 34.5 Å². The van der Waals surface area contributed by atoms with Crippen molar-refractivity contribution < 1.29 is 72.1 Å². The number of ether oxygens (including phenoxy) is 3. The van der Waals surface area contributed by atoms with Crippen LogP contribution in [-0.4, -0.2) is 36.7 Å². The van der Waals surface area contributed by atoms with Crippen LogP contribution in [0.3, 0.4) is 0 Å². The number of esters is 1. The monoisotopic (exact) mass is 761 g/mol. The largest absolute Gasteiger partial charge is 0.493 e. The van der Waals surface area contributed by atoms with Crippen molar-refractivity contribution >= 4 is 12.1 Å². The maximum Gasteiger partial charge on any atom is 0.416 e. The van der Waals surface area contributed by atoms with Gasteiger partial charge in [-0.15, -0.1) is 0 Å². The molecule has 6 nitrogen and oxygen atoms in total. The van der Waals surface area contributed by atoms with E-state index >= 15 is 8.78 Å². The van der Waals surface area contributed by atoms with Crippen molar-refractivity contribution in [1.29, 1.82) is 0 Å². The third-order valence-corrected chi connectivity index (χ3v) is 8.44.